The molecule has 1 heterocycles. The predicted octanol–water partition coefficient (Wildman–Crippen LogP) is 1.14. The molecule has 0 aromatic heterocycles. The van der Waals surface area contributed by atoms with Gasteiger partial charge in [-0.3, -0.25) is 0 Å². The van der Waals surface area contributed by atoms with Crippen molar-refractivity contribution in [2.24, 2.45) is 0 Å². The second-order valence-electron chi connectivity index (χ2n) is 4.47. The summed E-state index contributed by atoms with van der Waals surface area (Å²) >= 11 is 0. The molecule has 2 rings (SSSR count). The molecule has 1 aliphatic heterocycles. The van der Waals surface area contributed by atoms with Crippen LogP contribution in [0.5, 0.6) is 0 Å². The molecule has 0 bridgehead atoms. The Morgan fingerprint density at radius 3 is 2.53 bits per heavy atom. The third kappa shape index (κ3) is 2.68. The minimum atomic E-state index is -3.44. The first-order valence-electron chi connectivity index (χ1n) is 5.75. The third-order valence-electron chi connectivity index (χ3n) is 3.02. The molecule has 0 amide bonds. The Bertz CT molecular complexity index is 481. The van der Waals surface area contributed by atoms with Gasteiger partial charge in [0.15, 0.2) is 0 Å². The number of rotatable bonds is 2. The summed E-state index contributed by atoms with van der Waals surface area (Å²) in [6.07, 6.45) is 0.857. The smallest absolute Gasteiger partial charge is 0.243 e. The van der Waals surface area contributed by atoms with Crippen LogP contribution in [0.15, 0.2) is 29.2 Å². The van der Waals surface area contributed by atoms with E-state index in [1.807, 2.05) is 6.92 Å². The van der Waals surface area contributed by atoms with E-state index in [9.17, 15) is 13.5 Å². The fourth-order valence-corrected chi connectivity index (χ4v) is 3.51. The van der Waals surface area contributed by atoms with Crippen molar-refractivity contribution >= 4 is 10.0 Å². The zero-order valence-electron chi connectivity index (χ0n) is 9.83. The molecule has 1 N–H and O–H groups in total. The summed E-state index contributed by atoms with van der Waals surface area (Å²) in [6.45, 7) is 2.62. The minimum absolute atomic E-state index is 0.205. The van der Waals surface area contributed by atoms with E-state index in [4.69, 9.17) is 0 Å². The molecule has 0 saturated carbocycles. The lowest BCUT2D eigenvalue weighted by atomic mass is 10.1. The van der Waals surface area contributed by atoms with Gasteiger partial charge in [0.1, 0.15) is 0 Å². The number of β-amino-alcohol motifs (C(OH)–C–C–N with tert-alkyl or cyclic N) is 1. The molecule has 0 radical (unpaired) electrons. The monoisotopic (exact) mass is 255 g/mol. The largest absolute Gasteiger partial charge is 0.392 e. The molecule has 5 heteroatoms. The van der Waals surface area contributed by atoms with Crippen LogP contribution >= 0.6 is 0 Å². The number of aliphatic hydroxyl groups is 1. The first-order valence-corrected chi connectivity index (χ1v) is 7.19. The highest BCUT2D eigenvalue weighted by molar-refractivity contribution is 7.89. The third-order valence-corrected chi connectivity index (χ3v) is 4.90. The highest BCUT2D eigenvalue weighted by Crippen LogP contribution is 2.20. The molecule has 1 aromatic rings. The van der Waals surface area contributed by atoms with Crippen molar-refractivity contribution in [3.63, 3.8) is 0 Å². The van der Waals surface area contributed by atoms with Gasteiger partial charge in [0, 0.05) is 13.1 Å². The quantitative estimate of drug-likeness (QED) is 0.862. The molecule has 17 heavy (non-hydrogen) atoms. The lowest BCUT2D eigenvalue weighted by Crippen LogP contribution is -2.42. The van der Waals surface area contributed by atoms with Crippen molar-refractivity contribution in [2.45, 2.75) is 30.8 Å². The second-order valence-corrected chi connectivity index (χ2v) is 6.41. The van der Waals surface area contributed by atoms with Gasteiger partial charge >= 0.3 is 0 Å². The van der Waals surface area contributed by atoms with E-state index in [1.165, 1.54) is 4.31 Å². The second kappa shape index (κ2) is 4.76. The number of piperidine rings is 1. The molecule has 0 spiro atoms. The predicted molar refractivity (Wildman–Crippen MR) is 65.2 cm³/mol. The van der Waals surface area contributed by atoms with Crippen LogP contribution < -0.4 is 0 Å². The molecular formula is C12H17NO3S. The summed E-state index contributed by atoms with van der Waals surface area (Å²) in [5.74, 6) is 0. The maximum absolute atomic E-state index is 12.3. The van der Waals surface area contributed by atoms with Crippen LogP contribution in [0.25, 0.3) is 0 Å². The van der Waals surface area contributed by atoms with Gasteiger partial charge in [0.25, 0.3) is 0 Å². The molecule has 1 atom stereocenters. The van der Waals surface area contributed by atoms with Gasteiger partial charge in [-0.05, 0) is 31.9 Å². The van der Waals surface area contributed by atoms with E-state index < -0.39 is 16.1 Å². The molecule has 0 aliphatic carbocycles. The van der Waals surface area contributed by atoms with Crippen molar-refractivity contribution in [1.29, 1.82) is 0 Å². The summed E-state index contributed by atoms with van der Waals surface area (Å²) in [4.78, 5) is 0.303. The highest BCUT2D eigenvalue weighted by atomic mass is 32.2. The lowest BCUT2D eigenvalue weighted by Gasteiger charge is -2.29. The summed E-state index contributed by atoms with van der Waals surface area (Å²) < 4.78 is 25.9. The maximum Gasteiger partial charge on any atom is 0.243 e. The number of hydrogen-bond donors (Lipinski definition) is 1. The Hall–Kier alpha value is -0.910. The van der Waals surface area contributed by atoms with Crippen LogP contribution in [0.4, 0.5) is 0 Å². The number of hydrogen-bond acceptors (Lipinski definition) is 3. The number of nitrogens with zero attached hydrogens (tertiary/aromatic N) is 1. The van der Waals surface area contributed by atoms with E-state index in [1.54, 1.807) is 24.3 Å². The number of aryl methyl sites for hydroxylation is 1. The topological polar surface area (TPSA) is 57.6 Å². The van der Waals surface area contributed by atoms with Crippen LogP contribution in [0.3, 0.4) is 0 Å². The highest BCUT2D eigenvalue weighted by Gasteiger charge is 2.29. The molecule has 1 saturated heterocycles. The zero-order valence-corrected chi connectivity index (χ0v) is 10.7. The van der Waals surface area contributed by atoms with Crippen LogP contribution in [-0.4, -0.2) is 37.0 Å². The molecule has 4 nitrogen and oxygen atoms in total. The SMILES string of the molecule is Cc1ccc(S(=O)(=O)N2CCC[C@H](O)C2)cc1. The number of aliphatic hydroxyl groups excluding tert-OH is 1. The molecule has 1 aliphatic rings. The van der Waals surface area contributed by atoms with Gasteiger partial charge in [-0.15, -0.1) is 0 Å². The number of sulfonamides is 1. The van der Waals surface area contributed by atoms with Gasteiger partial charge in [-0.1, -0.05) is 17.7 Å². The van der Waals surface area contributed by atoms with Gasteiger partial charge < -0.3 is 5.11 Å². The normalized spacial score (nSPS) is 22.6. The zero-order chi connectivity index (χ0) is 12.5. The summed E-state index contributed by atoms with van der Waals surface area (Å²) in [5.41, 5.74) is 1.03. The molecule has 1 aromatic carbocycles. The fourth-order valence-electron chi connectivity index (χ4n) is 2.00. The Morgan fingerprint density at radius 2 is 1.94 bits per heavy atom. The van der Waals surface area contributed by atoms with E-state index in [2.05, 4.69) is 0 Å². The van der Waals surface area contributed by atoms with Crippen molar-refractivity contribution < 1.29 is 13.5 Å². The van der Waals surface area contributed by atoms with Crippen LogP contribution in [-0.2, 0) is 10.0 Å². The average Bonchev–Trinajstić information content (AvgIpc) is 2.29. The standard InChI is InChI=1S/C12H17NO3S/c1-10-4-6-12(7-5-10)17(15,16)13-8-2-3-11(14)9-13/h4-7,11,14H,2-3,8-9H2,1H3/t11-/m0/s1. The molecular weight excluding hydrogens is 238 g/mol. The summed E-state index contributed by atoms with van der Waals surface area (Å²) in [6, 6.07) is 6.80. The van der Waals surface area contributed by atoms with Crippen molar-refractivity contribution in [1.82, 2.24) is 4.31 Å². The van der Waals surface area contributed by atoms with Crippen LogP contribution in [0, 0.1) is 6.92 Å². The molecule has 94 valence electrons. The average molecular weight is 255 g/mol. The van der Waals surface area contributed by atoms with Gasteiger partial charge in [0.2, 0.25) is 10.0 Å². The molecule has 1 fully saturated rings. The van der Waals surface area contributed by atoms with E-state index in [0.29, 0.717) is 24.3 Å². The van der Waals surface area contributed by atoms with E-state index in [-0.39, 0.29) is 6.54 Å². The molecule has 0 unspecified atom stereocenters. The Labute approximate surface area is 102 Å². The Morgan fingerprint density at radius 1 is 1.29 bits per heavy atom. The van der Waals surface area contributed by atoms with Crippen LogP contribution in [0.1, 0.15) is 18.4 Å². The first kappa shape index (κ1) is 12.5. The van der Waals surface area contributed by atoms with E-state index in [0.717, 1.165) is 5.56 Å². The number of benzene rings is 1. The Balaban J connectivity index is 2.26. The van der Waals surface area contributed by atoms with Gasteiger partial charge in [-0.2, -0.15) is 4.31 Å². The van der Waals surface area contributed by atoms with E-state index >= 15 is 0 Å². The fraction of sp³-hybridized carbons (Fsp3) is 0.500. The van der Waals surface area contributed by atoms with Gasteiger partial charge in [0.05, 0.1) is 11.0 Å². The minimum Gasteiger partial charge on any atom is -0.392 e. The van der Waals surface area contributed by atoms with Crippen molar-refractivity contribution in [2.75, 3.05) is 13.1 Å². The maximum atomic E-state index is 12.3. The Kier molecular flexibility index (Phi) is 3.51. The lowest BCUT2D eigenvalue weighted by molar-refractivity contribution is 0.108. The van der Waals surface area contributed by atoms with Crippen LogP contribution in [0.2, 0.25) is 0 Å². The van der Waals surface area contributed by atoms with Crippen molar-refractivity contribution in [3.8, 4) is 0 Å². The summed E-state index contributed by atoms with van der Waals surface area (Å²) in [7, 11) is -3.44. The summed E-state index contributed by atoms with van der Waals surface area (Å²) in [5, 5.41) is 9.53. The van der Waals surface area contributed by atoms with Gasteiger partial charge in [-0.25, -0.2) is 8.42 Å². The van der Waals surface area contributed by atoms with Crippen molar-refractivity contribution in [3.05, 3.63) is 29.8 Å². The first-order chi connectivity index (χ1) is 8.00.